The molecule has 6 aliphatic rings. The van der Waals surface area contributed by atoms with E-state index in [1.807, 2.05) is 20.8 Å². The fraction of sp³-hybridized carbons (Fsp3) is 0.931. The van der Waals surface area contributed by atoms with E-state index in [1.165, 1.54) is 0 Å². The number of ether oxygens (including phenoxy) is 3. The summed E-state index contributed by atoms with van der Waals surface area (Å²) in [4.78, 5) is 24.4. The molecule has 0 bridgehead atoms. The van der Waals surface area contributed by atoms with Crippen molar-refractivity contribution in [2.45, 2.75) is 132 Å². The summed E-state index contributed by atoms with van der Waals surface area (Å²) >= 11 is 0. The molecule has 14 atom stereocenters. The van der Waals surface area contributed by atoms with Gasteiger partial charge < -0.3 is 39.7 Å². The molecule has 3 aliphatic carbocycles. The monoisotopic (exact) mass is 552 g/mol. The van der Waals surface area contributed by atoms with Crippen molar-refractivity contribution in [2.24, 2.45) is 35.0 Å². The lowest BCUT2D eigenvalue weighted by Gasteiger charge is -2.59. The maximum absolute atomic E-state index is 12.6. The second-order valence-electron chi connectivity index (χ2n) is 14.5. The van der Waals surface area contributed by atoms with Crippen LogP contribution in [0.4, 0.5) is 0 Å². The Kier molecular flexibility index (Phi) is 5.99. The molecule has 10 heteroatoms. The van der Waals surface area contributed by atoms with Crippen molar-refractivity contribution < 1.29 is 49.3 Å². The maximum Gasteiger partial charge on any atom is 0.309 e. The van der Waals surface area contributed by atoms with Crippen molar-refractivity contribution in [2.75, 3.05) is 0 Å². The van der Waals surface area contributed by atoms with Crippen molar-refractivity contribution in [3.8, 4) is 0 Å². The van der Waals surface area contributed by atoms with Crippen LogP contribution in [0.15, 0.2) is 0 Å². The van der Waals surface area contributed by atoms with Crippen LogP contribution in [0.5, 0.6) is 0 Å². The molecule has 10 nitrogen and oxygen atoms in total. The van der Waals surface area contributed by atoms with Crippen LogP contribution in [0.2, 0.25) is 0 Å². The third-order valence-corrected chi connectivity index (χ3v) is 12.3. The highest BCUT2D eigenvalue weighted by molar-refractivity contribution is 5.74. The zero-order valence-electron chi connectivity index (χ0n) is 23.5. The number of carbonyl (C=O) groups excluding carboxylic acids is 2. The van der Waals surface area contributed by atoms with Crippen molar-refractivity contribution in [3.05, 3.63) is 0 Å². The van der Waals surface area contributed by atoms with Crippen LogP contribution in [-0.4, -0.2) is 90.4 Å². The largest absolute Gasteiger partial charge is 0.459 e. The predicted molar refractivity (Wildman–Crippen MR) is 135 cm³/mol. The van der Waals surface area contributed by atoms with Gasteiger partial charge in [-0.15, -0.1) is 0 Å². The normalized spacial score (nSPS) is 55.5. The molecule has 3 heterocycles. The molecular weight excluding hydrogens is 508 g/mol. The summed E-state index contributed by atoms with van der Waals surface area (Å²) in [6, 6.07) is 0. The second kappa shape index (κ2) is 8.38. The average molecular weight is 553 g/mol. The van der Waals surface area contributed by atoms with Crippen LogP contribution in [0.3, 0.4) is 0 Å². The molecule has 39 heavy (non-hydrogen) atoms. The van der Waals surface area contributed by atoms with Crippen molar-refractivity contribution in [3.63, 3.8) is 0 Å². The van der Waals surface area contributed by atoms with Crippen LogP contribution in [0, 0.1) is 35.0 Å². The second-order valence-corrected chi connectivity index (χ2v) is 14.5. The molecule has 0 aromatic carbocycles. The molecule has 5 N–H and O–H groups in total. The Morgan fingerprint density at radius 1 is 0.974 bits per heavy atom. The average Bonchev–Trinajstić information content (AvgIpc) is 3.42. The van der Waals surface area contributed by atoms with E-state index in [0.717, 1.165) is 0 Å². The van der Waals surface area contributed by atoms with E-state index in [9.17, 15) is 35.1 Å². The van der Waals surface area contributed by atoms with Gasteiger partial charge in [0.15, 0.2) is 0 Å². The topological polar surface area (TPSA) is 163 Å². The van der Waals surface area contributed by atoms with Crippen molar-refractivity contribution >= 4 is 11.9 Å². The van der Waals surface area contributed by atoms with E-state index in [4.69, 9.17) is 14.2 Å². The quantitative estimate of drug-likeness (QED) is 0.317. The van der Waals surface area contributed by atoms with Gasteiger partial charge in [-0.25, -0.2) is 0 Å². The van der Waals surface area contributed by atoms with Gasteiger partial charge in [-0.3, -0.25) is 9.59 Å². The molecule has 6 fully saturated rings. The molecular formula is C29H44O10. The Bertz CT molecular complexity index is 1060. The Labute approximate surface area is 229 Å². The van der Waals surface area contributed by atoms with Crippen LogP contribution in [0.25, 0.3) is 0 Å². The Hall–Kier alpha value is -1.30. The van der Waals surface area contributed by atoms with Crippen molar-refractivity contribution in [1.82, 2.24) is 0 Å². The molecule has 3 aliphatic heterocycles. The molecule has 6 rings (SSSR count). The Morgan fingerprint density at radius 3 is 2.28 bits per heavy atom. The van der Waals surface area contributed by atoms with E-state index < -0.39 is 76.1 Å². The van der Waals surface area contributed by atoms with Gasteiger partial charge in [-0.2, -0.15) is 0 Å². The fourth-order valence-electron chi connectivity index (χ4n) is 10.2. The number of cyclic esters (lactones) is 1. The fourth-order valence-corrected chi connectivity index (χ4v) is 10.2. The summed E-state index contributed by atoms with van der Waals surface area (Å²) < 4.78 is 17.7. The van der Waals surface area contributed by atoms with E-state index in [1.54, 1.807) is 13.8 Å². The Morgan fingerprint density at radius 2 is 1.64 bits per heavy atom. The minimum absolute atomic E-state index is 0.147. The molecule has 3 saturated heterocycles. The van der Waals surface area contributed by atoms with Gasteiger partial charge in [0.1, 0.15) is 29.5 Å². The number of aliphatic hydroxyl groups excluding tert-OH is 3. The first-order chi connectivity index (χ1) is 18.0. The molecule has 220 valence electrons. The van der Waals surface area contributed by atoms with E-state index in [2.05, 4.69) is 0 Å². The summed E-state index contributed by atoms with van der Waals surface area (Å²) in [5, 5.41) is 59.2. The minimum atomic E-state index is -1.89. The first-order valence-corrected chi connectivity index (χ1v) is 14.6. The molecule has 0 aromatic heterocycles. The smallest absolute Gasteiger partial charge is 0.309 e. The number of hydrogen-bond acceptors (Lipinski definition) is 10. The van der Waals surface area contributed by atoms with Gasteiger partial charge in [0, 0.05) is 23.2 Å². The lowest BCUT2D eigenvalue weighted by molar-refractivity contribution is -0.252. The third-order valence-electron chi connectivity index (χ3n) is 12.3. The SMILES string of the molecule is C[C@@H]([C@@H](O)[C@@H]1C[C@@H](C)C(=O)O1)[C@H]1[C@@H](O)[C@H](O)[C@]2(O)[C@@H]3C[C@H]4C(C)(C)O[C@@H]5CC(=O)O[C@@]54CC[C@@]3(O)CC[C@]12C. The molecule has 0 radical (unpaired) electrons. The molecule has 3 saturated carbocycles. The van der Waals surface area contributed by atoms with Gasteiger partial charge >= 0.3 is 11.9 Å². The highest BCUT2D eigenvalue weighted by atomic mass is 16.6. The highest BCUT2D eigenvalue weighted by Crippen LogP contribution is 2.69. The zero-order valence-corrected chi connectivity index (χ0v) is 23.5. The predicted octanol–water partition coefficient (Wildman–Crippen LogP) is 0.828. The number of aliphatic hydroxyl groups is 5. The minimum Gasteiger partial charge on any atom is -0.459 e. The van der Waals surface area contributed by atoms with Crippen LogP contribution >= 0.6 is 0 Å². The summed E-state index contributed by atoms with van der Waals surface area (Å²) in [7, 11) is 0. The lowest BCUT2D eigenvalue weighted by Crippen LogP contribution is -2.67. The Balaban J connectivity index is 1.38. The highest BCUT2D eigenvalue weighted by Gasteiger charge is 2.78. The van der Waals surface area contributed by atoms with Gasteiger partial charge in [-0.05, 0) is 58.3 Å². The third kappa shape index (κ3) is 3.42. The van der Waals surface area contributed by atoms with Gasteiger partial charge in [0.2, 0.25) is 0 Å². The van der Waals surface area contributed by atoms with E-state index in [-0.39, 0.29) is 43.0 Å². The number of rotatable bonds is 3. The summed E-state index contributed by atoms with van der Waals surface area (Å²) in [5.74, 6) is -3.56. The number of carbonyl (C=O) groups is 2. The number of fused-ring (bicyclic) bond motifs is 3. The van der Waals surface area contributed by atoms with Gasteiger partial charge in [0.25, 0.3) is 0 Å². The molecule has 0 aromatic rings. The van der Waals surface area contributed by atoms with Gasteiger partial charge in [-0.1, -0.05) is 20.8 Å². The van der Waals surface area contributed by atoms with Gasteiger partial charge in [0.05, 0.1) is 35.7 Å². The summed E-state index contributed by atoms with van der Waals surface area (Å²) in [6.45, 7) is 9.21. The lowest BCUT2D eigenvalue weighted by atomic mass is 9.50. The molecule has 0 amide bonds. The first-order valence-electron chi connectivity index (χ1n) is 14.6. The zero-order chi connectivity index (χ0) is 28.5. The van der Waals surface area contributed by atoms with Crippen LogP contribution in [-0.2, 0) is 23.8 Å². The van der Waals surface area contributed by atoms with E-state index in [0.29, 0.717) is 25.7 Å². The van der Waals surface area contributed by atoms with E-state index >= 15 is 0 Å². The summed E-state index contributed by atoms with van der Waals surface area (Å²) in [6.07, 6.45) is -3.17. The van der Waals surface area contributed by atoms with Crippen LogP contribution in [0.1, 0.15) is 79.6 Å². The van der Waals surface area contributed by atoms with Crippen LogP contribution < -0.4 is 0 Å². The number of esters is 2. The number of hydrogen-bond donors (Lipinski definition) is 5. The molecule has 1 spiro atoms. The summed E-state index contributed by atoms with van der Waals surface area (Å²) in [5.41, 5.74) is -5.91. The maximum atomic E-state index is 12.6. The first kappa shape index (κ1) is 27.8. The van der Waals surface area contributed by atoms with Crippen molar-refractivity contribution in [1.29, 1.82) is 0 Å². The standard InChI is InChI=1S/C29H44O10/c1-13-10-15(37-24(13)34)21(31)14(2)20-22(32)23(33)29(36)17-11-16-25(3,4)38-18-12-19(30)39-28(16,18)9-8-27(17,35)7-6-26(20,29)5/h13-18,20-23,31-33,35-36H,6-12H2,1-5H3/t13-,14-,15+,16+,17-,18-,20+,21-,22-,23+,26-,27+,28-,29-/m1/s1. The molecule has 0 unspecified atom stereocenters.